The molecule has 5 nitrogen and oxygen atoms in total. The molecule has 5 heteroatoms. The topological polar surface area (TPSA) is 56.0 Å². The second-order valence-electron chi connectivity index (χ2n) is 3.06. The van der Waals surface area contributed by atoms with Gasteiger partial charge in [-0.15, -0.1) is 10.2 Å². The molecule has 3 rings (SSSR count). The summed E-state index contributed by atoms with van der Waals surface area (Å²) in [5, 5.41) is 7.81. The largest absolute Gasteiger partial charge is 0.265 e. The van der Waals surface area contributed by atoms with Gasteiger partial charge >= 0.3 is 0 Å². The summed E-state index contributed by atoms with van der Waals surface area (Å²) in [5.41, 5.74) is 1.78. The van der Waals surface area contributed by atoms with Crippen LogP contribution in [0.15, 0.2) is 43.1 Å². The molecule has 0 radical (unpaired) electrons. The minimum Gasteiger partial charge on any atom is -0.265 e. The molecule has 0 N–H and O–H groups in total. The molecule has 0 amide bonds. The molecule has 0 aliphatic rings. The van der Waals surface area contributed by atoms with Crippen LogP contribution < -0.4 is 0 Å². The number of pyridine rings is 1. The van der Waals surface area contributed by atoms with Crippen molar-refractivity contribution in [3.8, 4) is 11.4 Å². The van der Waals surface area contributed by atoms with Crippen LogP contribution in [-0.2, 0) is 0 Å². The second kappa shape index (κ2) is 3.13. The van der Waals surface area contributed by atoms with E-state index >= 15 is 0 Å². The maximum absolute atomic E-state index is 4.30. The van der Waals surface area contributed by atoms with Crippen LogP contribution in [0.4, 0.5) is 0 Å². The monoisotopic (exact) mass is 197 g/mol. The first-order valence-corrected chi connectivity index (χ1v) is 4.50. The predicted molar refractivity (Wildman–Crippen MR) is 54.0 cm³/mol. The van der Waals surface area contributed by atoms with Gasteiger partial charge in [-0.05, 0) is 12.1 Å². The van der Waals surface area contributed by atoms with Crippen LogP contribution in [0.5, 0.6) is 0 Å². The van der Waals surface area contributed by atoms with E-state index in [0.717, 1.165) is 17.0 Å². The molecule has 0 atom stereocenters. The lowest BCUT2D eigenvalue weighted by Gasteiger charge is -2.01. The molecule has 15 heavy (non-hydrogen) atoms. The minimum absolute atomic E-state index is 0.789. The van der Waals surface area contributed by atoms with Crippen molar-refractivity contribution in [1.82, 2.24) is 24.6 Å². The van der Waals surface area contributed by atoms with E-state index < -0.39 is 0 Å². The molecule has 72 valence electrons. The third-order valence-electron chi connectivity index (χ3n) is 2.16. The number of fused-ring (bicyclic) bond motifs is 1. The minimum atomic E-state index is 0.789. The number of hydrogen-bond donors (Lipinski definition) is 0. The van der Waals surface area contributed by atoms with Gasteiger partial charge < -0.3 is 0 Å². The Morgan fingerprint density at radius 3 is 2.73 bits per heavy atom. The quantitative estimate of drug-likeness (QED) is 0.588. The average Bonchev–Trinajstić information content (AvgIpc) is 2.78. The van der Waals surface area contributed by atoms with Crippen molar-refractivity contribution >= 4 is 5.65 Å². The smallest absolute Gasteiger partial charge is 0.163 e. The molecule has 3 aromatic rings. The molecular weight excluding hydrogens is 190 g/mol. The lowest BCUT2D eigenvalue weighted by molar-refractivity contribution is 1.08. The summed E-state index contributed by atoms with van der Waals surface area (Å²) < 4.78 is 1.84. The van der Waals surface area contributed by atoms with E-state index in [1.165, 1.54) is 0 Å². The van der Waals surface area contributed by atoms with Crippen LogP contribution in [0.3, 0.4) is 0 Å². The Morgan fingerprint density at radius 1 is 1.00 bits per heavy atom. The molecule has 0 fully saturated rings. The second-order valence-corrected chi connectivity index (χ2v) is 3.06. The summed E-state index contributed by atoms with van der Waals surface area (Å²) in [6.45, 7) is 0. The summed E-state index contributed by atoms with van der Waals surface area (Å²) in [4.78, 5) is 8.27. The van der Waals surface area contributed by atoms with E-state index in [0.29, 0.717) is 0 Å². The fourth-order valence-electron chi connectivity index (χ4n) is 1.47. The summed E-state index contributed by atoms with van der Waals surface area (Å²) >= 11 is 0. The highest BCUT2D eigenvalue weighted by Crippen LogP contribution is 2.15. The summed E-state index contributed by atoms with van der Waals surface area (Å²) in [5.74, 6) is 0.819. The highest BCUT2D eigenvalue weighted by atomic mass is 15.2. The van der Waals surface area contributed by atoms with E-state index in [4.69, 9.17) is 0 Å². The van der Waals surface area contributed by atoms with Crippen LogP contribution in [0.1, 0.15) is 0 Å². The first-order chi connectivity index (χ1) is 7.45. The van der Waals surface area contributed by atoms with E-state index in [9.17, 15) is 0 Å². The first-order valence-electron chi connectivity index (χ1n) is 4.50. The number of rotatable bonds is 1. The van der Waals surface area contributed by atoms with Crippen molar-refractivity contribution in [2.24, 2.45) is 0 Å². The highest BCUT2D eigenvalue weighted by Gasteiger charge is 2.04. The summed E-state index contributed by atoms with van der Waals surface area (Å²) in [7, 11) is 0. The number of aromatic nitrogens is 5. The molecule has 3 aromatic heterocycles. The molecule has 0 bridgehead atoms. The molecule has 0 unspecified atom stereocenters. The average molecular weight is 197 g/mol. The standard InChI is InChI=1S/C10H7N5/c1-4-11-5-2-8(1)10-12-6-3-9-14-13-7-15(9)10/h1-7H. The zero-order valence-electron chi connectivity index (χ0n) is 7.78. The molecular formula is C10H7N5. The van der Waals surface area contributed by atoms with E-state index in [1.807, 2.05) is 22.6 Å². The lowest BCUT2D eigenvalue weighted by atomic mass is 10.2. The Labute approximate surface area is 85.5 Å². The van der Waals surface area contributed by atoms with Crippen LogP contribution in [0, 0.1) is 0 Å². The Bertz CT molecular complexity index is 587. The van der Waals surface area contributed by atoms with Crippen LogP contribution in [0.25, 0.3) is 17.0 Å². The molecule has 0 saturated heterocycles. The van der Waals surface area contributed by atoms with Gasteiger partial charge in [0.25, 0.3) is 0 Å². The molecule has 0 saturated carbocycles. The van der Waals surface area contributed by atoms with Gasteiger partial charge in [0, 0.05) is 30.2 Å². The van der Waals surface area contributed by atoms with Gasteiger partial charge in [-0.1, -0.05) is 0 Å². The van der Waals surface area contributed by atoms with E-state index in [-0.39, 0.29) is 0 Å². The van der Waals surface area contributed by atoms with Gasteiger partial charge in [-0.3, -0.25) is 9.38 Å². The van der Waals surface area contributed by atoms with Crippen molar-refractivity contribution in [2.45, 2.75) is 0 Å². The first kappa shape index (κ1) is 8.05. The Morgan fingerprint density at radius 2 is 1.87 bits per heavy atom. The molecule has 0 aromatic carbocycles. The molecule has 0 aliphatic heterocycles. The third-order valence-corrected chi connectivity index (χ3v) is 2.16. The number of nitrogens with zero attached hydrogens (tertiary/aromatic N) is 5. The normalized spacial score (nSPS) is 10.7. The lowest BCUT2D eigenvalue weighted by Crippen LogP contribution is -1.93. The van der Waals surface area contributed by atoms with E-state index in [2.05, 4.69) is 20.2 Å². The third kappa shape index (κ3) is 1.25. The number of hydrogen-bond acceptors (Lipinski definition) is 4. The van der Waals surface area contributed by atoms with Crippen molar-refractivity contribution < 1.29 is 0 Å². The van der Waals surface area contributed by atoms with Gasteiger partial charge in [0.2, 0.25) is 0 Å². The molecule has 3 heterocycles. The summed E-state index contributed by atoms with van der Waals surface area (Å²) in [6.07, 6.45) is 6.85. The maximum atomic E-state index is 4.30. The fourth-order valence-corrected chi connectivity index (χ4v) is 1.47. The Hall–Kier alpha value is -2.30. The van der Waals surface area contributed by atoms with Crippen molar-refractivity contribution in [3.05, 3.63) is 43.1 Å². The van der Waals surface area contributed by atoms with Gasteiger partial charge in [0.1, 0.15) is 12.2 Å². The zero-order valence-corrected chi connectivity index (χ0v) is 7.78. The Kier molecular flexibility index (Phi) is 1.68. The van der Waals surface area contributed by atoms with E-state index in [1.54, 1.807) is 24.9 Å². The van der Waals surface area contributed by atoms with Gasteiger partial charge in [0.15, 0.2) is 5.65 Å². The maximum Gasteiger partial charge on any atom is 0.163 e. The van der Waals surface area contributed by atoms with Crippen molar-refractivity contribution in [2.75, 3.05) is 0 Å². The van der Waals surface area contributed by atoms with Crippen molar-refractivity contribution in [1.29, 1.82) is 0 Å². The zero-order chi connectivity index (χ0) is 10.1. The van der Waals surface area contributed by atoms with Crippen LogP contribution >= 0.6 is 0 Å². The van der Waals surface area contributed by atoms with Gasteiger partial charge in [0.05, 0.1) is 0 Å². The predicted octanol–water partition coefficient (Wildman–Crippen LogP) is 1.19. The van der Waals surface area contributed by atoms with Gasteiger partial charge in [-0.2, -0.15) is 0 Å². The van der Waals surface area contributed by atoms with Crippen LogP contribution in [0.2, 0.25) is 0 Å². The fraction of sp³-hybridized carbons (Fsp3) is 0. The van der Waals surface area contributed by atoms with Crippen LogP contribution in [-0.4, -0.2) is 24.6 Å². The summed E-state index contributed by atoms with van der Waals surface area (Å²) in [6, 6.07) is 5.63. The Balaban J connectivity index is 2.31. The van der Waals surface area contributed by atoms with Crippen molar-refractivity contribution in [3.63, 3.8) is 0 Å². The SMILES string of the molecule is c1cc(-c2nccc3nncn23)ccn1. The molecule has 0 spiro atoms. The van der Waals surface area contributed by atoms with Gasteiger partial charge in [-0.25, -0.2) is 4.98 Å². The molecule has 0 aliphatic carbocycles. The highest BCUT2D eigenvalue weighted by molar-refractivity contribution is 5.57.